The van der Waals surface area contributed by atoms with Crippen molar-refractivity contribution in [1.82, 2.24) is 14.6 Å². The Balaban J connectivity index is 2.23. The number of nitrogen functional groups attached to an aromatic ring is 1. The number of anilines is 1. The van der Waals surface area contributed by atoms with E-state index in [1.54, 1.807) is 0 Å². The molecule has 3 N–H and O–H groups in total. The highest BCUT2D eigenvalue weighted by Gasteiger charge is 2.12. The van der Waals surface area contributed by atoms with E-state index in [1.165, 1.54) is 28.0 Å². The van der Waals surface area contributed by atoms with Crippen molar-refractivity contribution in [2.45, 2.75) is 0 Å². The molecule has 0 bridgehead atoms. The Hall–Kier alpha value is -2.41. The molecular formula is C11H8N4O2S. The van der Waals surface area contributed by atoms with E-state index in [1.807, 2.05) is 17.5 Å². The third-order valence-electron chi connectivity index (χ3n) is 2.45. The summed E-state index contributed by atoms with van der Waals surface area (Å²) in [5, 5.41) is 15.1. The van der Waals surface area contributed by atoms with Crippen LogP contribution in [0, 0.1) is 0 Å². The predicted octanol–water partition coefficient (Wildman–Crippen LogP) is 1.74. The van der Waals surface area contributed by atoms with Crippen LogP contribution in [0.15, 0.2) is 29.6 Å². The number of pyridine rings is 1. The number of nitrogens with two attached hydrogens (primary N) is 1. The molecule has 0 aliphatic rings. The van der Waals surface area contributed by atoms with Gasteiger partial charge in [0.1, 0.15) is 5.82 Å². The number of carbonyl (C=O) groups is 1. The first-order valence-electron chi connectivity index (χ1n) is 5.08. The van der Waals surface area contributed by atoms with Gasteiger partial charge in [0.15, 0.2) is 11.5 Å². The lowest BCUT2D eigenvalue weighted by molar-refractivity contribution is 0.0697. The number of carboxylic acids is 1. The zero-order chi connectivity index (χ0) is 12.7. The van der Waals surface area contributed by atoms with Crippen LogP contribution in [0.2, 0.25) is 0 Å². The molecule has 3 aromatic rings. The average Bonchev–Trinajstić information content (AvgIpc) is 2.96. The lowest BCUT2D eigenvalue weighted by atomic mass is 10.2. The second-order valence-electron chi connectivity index (χ2n) is 3.66. The lowest BCUT2D eigenvalue weighted by Crippen LogP contribution is -2.03. The fourth-order valence-electron chi connectivity index (χ4n) is 1.64. The summed E-state index contributed by atoms with van der Waals surface area (Å²) in [4.78, 5) is 16.1. The first kappa shape index (κ1) is 10.7. The van der Waals surface area contributed by atoms with Gasteiger partial charge < -0.3 is 10.8 Å². The highest BCUT2D eigenvalue weighted by atomic mass is 32.1. The summed E-state index contributed by atoms with van der Waals surface area (Å²) in [5.41, 5.74) is 6.29. The minimum Gasteiger partial charge on any atom is -0.478 e. The Morgan fingerprint density at radius 2 is 2.28 bits per heavy atom. The highest BCUT2D eigenvalue weighted by Crippen LogP contribution is 2.23. The SMILES string of the molecule is Nc1cc(C(=O)O)cc2nc(-c3cccs3)nn12. The van der Waals surface area contributed by atoms with Crippen LogP contribution in [0.3, 0.4) is 0 Å². The first-order chi connectivity index (χ1) is 8.65. The molecule has 0 amide bonds. The molecule has 18 heavy (non-hydrogen) atoms. The number of carboxylic acid groups (broad SMARTS) is 1. The molecule has 3 rings (SSSR count). The summed E-state index contributed by atoms with van der Waals surface area (Å²) in [5.74, 6) is -0.246. The van der Waals surface area contributed by atoms with E-state index in [9.17, 15) is 4.79 Å². The van der Waals surface area contributed by atoms with Gasteiger partial charge in [-0.05, 0) is 23.6 Å². The number of thiophene rings is 1. The smallest absolute Gasteiger partial charge is 0.335 e. The molecule has 7 heteroatoms. The van der Waals surface area contributed by atoms with Crippen molar-refractivity contribution in [3.63, 3.8) is 0 Å². The standard InChI is InChI=1S/C11H8N4O2S/c12-8-4-6(11(16)17)5-9-13-10(14-15(8)9)7-2-1-3-18-7/h1-5H,12H2,(H,16,17). The van der Waals surface area contributed by atoms with Gasteiger partial charge in [-0.2, -0.15) is 4.52 Å². The molecule has 0 unspecified atom stereocenters. The van der Waals surface area contributed by atoms with Crippen LogP contribution in [0.1, 0.15) is 10.4 Å². The van der Waals surface area contributed by atoms with E-state index < -0.39 is 5.97 Å². The molecular weight excluding hydrogens is 252 g/mol. The Morgan fingerprint density at radius 1 is 1.44 bits per heavy atom. The highest BCUT2D eigenvalue weighted by molar-refractivity contribution is 7.13. The maximum atomic E-state index is 10.9. The van der Waals surface area contributed by atoms with Crippen molar-refractivity contribution in [2.24, 2.45) is 0 Å². The Morgan fingerprint density at radius 3 is 2.94 bits per heavy atom. The lowest BCUT2D eigenvalue weighted by Gasteiger charge is -1.99. The average molecular weight is 260 g/mol. The summed E-state index contributed by atoms with van der Waals surface area (Å²) in [6.45, 7) is 0. The molecule has 6 nitrogen and oxygen atoms in total. The molecule has 0 spiro atoms. The number of fused-ring (bicyclic) bond motifs is 1. The van der Waals surface area contributed by atoms with Crippen LogP contribution in [-0.2, 0) is 0 Å². The number of nitrogens with zero attached hydrogens (tertiary/aromatic N) is 3. The van der Waals surface area contributed by atoms with Crippen molar-refractivity contribution in [3.05, 3.63) is 35.2 Å². The Kier molecular flexibility index (Phi) is 2.27. The van der Waals surface area contributed by atoms with Gasteiger partial charge in [-0.3, -0.25) is 0 Å². The van der Waals surface area contributed by atoms with Gasteiger partial charge in [0, 0.05) is 0 Å². The minimum absolute atomic E-state index is 0.102. The van der Waals surface area contributed by atoms with Crippen LogP contribution in [-0.4, -0.2) is 25.7 Å². The maximum absolute atomic E-state index is 10.9. The molecule has 0 fully saturated rings. The van der Waals surface area contributed by atoms with Gasteiger partial charge >= 0.3 is 5.97 Å². The monoisotopic (exact) mass is 260 g/mol. The van der Waals surface area contributed by atoms with Crippen molar-refractivity contribution in [1.29, 1.82) is 0 Å². The van der Waals surface area contributed by atoms with Crippen LogP contribution >= 0.6 is 11.3 Å². The van der Waals surface area contributed by atoms with E-state index in [0.717, 1.165) is 4.88 Å². The minimum atomic E-state index is -1.04. The molecule has 0 aliphatic heterocycles. The third-order valence-corrected chi connectivity index (χ3v) is 3.32. The fourth-order valence-corrected chi connectivity index (χ4v) is 2.30. The summed E-state index contributed by atoms with van der Waals surface area (Å²) in [6, 6.07) is 6.61. The number of aromatic nitrogens is 3. The number of rotatable bonds is 2. The van der Waals surface area contributed by atoms with E-state index in [4.69, 9.17) is 10.8 Å². The van der Waals surface area contributed by atoms with Gasteiger partial charge in [0.05, 0.1) is 10.4 Å². The van der Waals surface area contributed by atoms with Gasteiger partial charge in [-0.25, -0.2) is 9.78 Å². The van der Waals surface area contributed by atoms with E-state index >= 15 is 0 Å². The number of hydrogen-bond acceptors (Lipinski definition) is 5. The zero-order valence-corrected chi connectivity index (χ0v) is 9.89. The van der Waals surface area contributed by atoms with Gasteiger partial charge in [-0.1, -0.05) is 6.07 Å². The van der Waals surface area contributed by atoms with E-state index in [-0.39, 0.29) is 11.4 Å². The molecule has 0 saturated heterocycles. The Bertz CT molecular complexity index is 733. The fraction of sp³-hybridized carbons (Fsp3) is 0. The molecule has 3 aromatic heterocycles. The summed E-state index contributed by atoms with van der Waals surface area (Å²) in [7, 11) is 0. The molecule has 3 heterocycles. The largest absolute Gasteiger partial charge is 0.478 e. The topological polar surface area (TPSA) is 93.5 Å². The summed E-state index contributed by atoms with van der Waals surface area (Å²) < 4.78 is 1.43. The first-order valence-corrected chi connectivity index (χ1v) is 5.96. The van der Waals surface area contributed by atoms with Crippen LogP contribution in [0.4, 0.5) is 5.82 Å². The van der Waals surface area contributed by atoms with Crippen molar-refractivity contribution in [3.8, 4) is 10.7 Å². The van der Waals surface area contributed by atoms with Crippen LogP contribution < -0.4 is 5.73 Å². The van der Waals surface area contributed by atoms with Gasteiger partial charge in [-0.15, -0.1) is 16.4 Å². The zero-order valence-electron chi connectivity index (χ0n) is 9.07. The second-order valence-corrected chi connectivity index (χ2v) is 4.60. The predicted molar refractivity (Wildman–Crippen MR) is 67.7 cm³/mol. The Labute approximate surface area is 105 Å². The molecule has 0 saturated carbocycles. The van der Waals surface area contributed by atoms with Crippen LogP contribution in [0.5, 0.6) is 0 Å². The van der Waals surface area contributed by atoms with Gasteiger partial charge in [0.25, 0.3) is 0 Å². The maximum Gasteiger partial charge on any atom is 0.335 e. The van der Waals surface area contributed by atoms with E-state index in [2.05, 4.69) is 10.1 Å². The number of hydrogen-bond donors (Lipinski definition) is 2. The molecule has 90 valence electrons. The summed E-state index contributed by atoms with van der Waals surface area (Å²) in [6.07, 6.45) is 0. The molecule has 0 aromatic carbocycles. The van der Waals surface area contributed by atoms with Crippen molar-refractivity contribution in [2.75, 3.05) is 5.73 Å². The molecule has 0 atom stereocenters. The number of aromatic carboxylic acids is 1. The normalized spacial score (nSPS) is 10.9. The van der Waals surface area contributed by atoms with E-state index in [0.29, 0.717) is 11.5 Å². The third kappa shape index (κ3) is 1.61. The van der Waals surface area contributed by atoms with Crippen molar-refractivity contribution < 1.29 is 9.90 Å². The quantitative estimate of drug-likeness (QED) is 0.732. The van der Waals surface area contributed by atoms with Gasteiger partial charge in [0.2, 0.25) is 0 Å². The molecule has 0 radical (unpaired) electrons. The summed E-state index contributed by atoms with van der Waals surface area (Å²) >= 11 is 1.51. The van der Waals surface area contributed by atoms with Crippen molar-refractivity contribution >= 4 is 28.8 Å². The second kappa shape index (κ2) is 3.81. The molecule has 0 aliphatic carbocycles. The van der Waals surface area contributed by atoms with Crippen LogP contribution in [0.25, 0.3) is 16.3 Å².